The zero-order valence-electron chi connectivity index (χ0n) is 14.4. The van der Waals surface area contributed by atoms with Gasteiger partial charge in [0.1, 0.15) is 17.3 Å². The number of rotatable bonds is 4. The Morgan fingerprint density at radius 2 is 2.17 bits per heavy atom. The smallest absolute Gasteiger partial charge is 0.345 e. The number of fused-ring (bicyclic) bond motifs is 1. The number of nitrogens with zero attached hydrogens (tertiary/aromatic N) is 4. The zero-order chi connectivity index (χ0) is 17.3. The monoisotopic (exact) mass is 332 g/mol. The molecule has 8 nitrogen and oxygen atoms in total. The van der Waals surface area contributed by atoms with Crippen LogP contribution in [0.1, 0.15) is 54.0 Å². The van der Waals surface area contributed by atoms with Gasteiger partial charge in [-0.25, -0.2) is 14.5 Å². The van der Waals surface area contributed by atoms with E-state index in [0.717, 1.165) is 36.6 Å². The molecule has 3 rings (SSSR count). The number of aromatic amines is 1. The van der Waals surface area contributed by atoms with E-state index in [9.17, 15) is 9.59 Å². The maximum absolute atomic E-state index is 12.4. The molecule has 0 radical (unpaired) electrons. The van der Waals surface area contributed by atoms with E-state index >= 15 is 0 Å². The van der Waals surface area contributed by atoms with Gasteiger partial charge < -0.3 is 10.3 Å². The van der Waals surface area contributed by atoms with Gasteiger partial charge in [-0.15, -0.1) is 0 Å². The summed E-state index contributed by atoms with van der Waals surface area (Å²) in [5, 5.41) is 7.47. The summed E-state index contributed by atoms with van der Waals surface area (Å²) in [6.45, 7) is 6.93. The summed E-state index contributed by atoms with van der Waals surface area (Å²) in [5.41, 5.74) is 1.17. The Morgan fingerprint density at radius 1 is 1.38 bits per heavy atom. The van der Waals surface area contributed by atoms with E-state index in [-0.39, 0.29) is 17.6 Å². The first-order valence-corrected chi connectivity index (χ1v) is 8.50. The molecule has 130 valence electrons. The van der Waals surface area contributed by atoms with Crippen LogP contribution in [0, 0.1) is 13.8 Å². The Kier molecular flexibility index (Phi) is 4.55. The topological polar surface area (TPSA) is 97.6 Å². The Morgan fingerprint density at radius 3 is 2.83 bits per heavy atom. The lowest BCUT2D eigenvalue weighted by Crippen LogP contribution is -2.36. The largest absolute Gasteiger partial charge is 0.348 e. The van der Waals surface area contributed by atoms with Gasteiger partial charge in [0.2, 0.25) is 0 Å². The number of aromatic nitrogens is 5. The van der Waals surface area contributed by atoms with Gasteiger partial charge in [-0.1, -0.05) is 6.92 Å². The fraction of sp³-hybridized carbons (Fsp3) is 0.625. The third kappa shape index (κ3) is 3.13. The van der Waals surface area contributed by atoms with Crippen molar-refractivity contribution in [1.82, 2.24) is 29.6 Å². The van der Waals surface area contributed by atoms with Gasteiger partial charge in [0.25, 0.3) is 5.91 Å². The molecular weight excluding hydrogens is 308 g/mol. The molecule has 0 aromatic carbocycles. The number of hydrogen-bond acceptors (Lipinski definition) is 4. The second-order valence-corrected chi connectivity index (χ2v) is 6.37. The lowest BCUT2D eigenvalue weighted by atomic mass is 10.1. The van der Waals surface area contributed by atoms with E-state index in [1.54, 1.807) is 9.25 Å². The predicted octanol–water partition coefficient (Wildman–Crippen LogP) is 0.930. The summed E-state index contributed by atoms with van der Waals surface area (Å²) in [6.07, 6.45) is 3.07. The highest BCUT2D eigenvalue weighted by Gasteiger charge is 2.23. The van der Waals surface area contributed by atoms with Crippen molar-refractivity contribution in [3.8, 4) is 0 Å². The molecule has 2 aromatic heterocycles. The molecule has 3 heterocycles. The Bertz CT molecular complexity index is 800. The van der Waals surface area contributed by atoms with Gasteiger partial charge in [0.05, 0.1) is 0 Å². The van der Waals surface area contributed by atoms with Crippen molar-refractivity contribution in [2.75, 3.05) is 0 Å². The minimum atomic E-state index is -0.162. The van der Waals surface area contributed by atoms with E-state index in [1.807, 2.05) is 20.8 Å². The zero-order valence-corrected chi connectivity index (χ0v) is 14.4. The number of carbonyl (C=O) groups is 1. The van der Waals surface area contributed by atoms with Crippen LogP contribution in [0.25, 0.3) is 0 Å². The molecule has 24 heavy (non-hydrogen) atoms. The third-order valence-corrected chi connectivity index (χ3v) is 4.41. The first-order chi connectivity index (χ1) is 11.5. The van der Waals surface area contributed by atoms with Gasteiger partial charge in [-0.3, -0.25) is 9.36 Å². The van der Waals surface area contributed by atoms with Crippen LogP contribution in [0.4, 0.5) is 0 Å². The van der Waals surface area contributed by atoms with E-state index in [4.69, 9.17) is 0 Å². The maximum atomic E-state index is 12.4. The summed E-state index contributed by atoms with van der Waals surface area (Å²) in [5.74, 6) is 1.39. The number of nitrogens with one attached hydrogen (secondary N) is 2. The van der Waals surface area contributed by atoms with E-state index in [1.165, 1.54) is 0 Å². The van der Waals surface area contributed by atoms with Gasteiger partial charge in [-0.05, 0) is 33.1 Å². The summed E-state index contributed by atoms with van der Waals surface area (Å²) in [4.78, 5) is 32.0. The number of carbonyl (C=O) groups excluding carboxylic acids is 1. The molecule has 2 N–H and O–H groups in total. The van der Waals surface area contributed by atoms with Crippen molar-refractivity contribution in [1.29, 1.82) is 0 Å². The van der Waals surface area contributed by atoms with Crippen LogP contribution in [0.3, 0.4) is 0 Å². The number of hydrogen-bond donors (Lipinski definition) is 2. The van der Waals surface area contributed by atoms with E-state index < -0.39 is 0 Å². The van der Waals surface area contributed by atoms with E-state index in [0.29, 0.717) is 25.2 Å². The lowest BCUT2D eigenvalue weighted by Gasteiger charge is -2.15. The highest BCUT2D eigenvalue weighted by Crippen LogP contribution is 2.13. The molecule has 2 aromatic rings. The molecule has 0 bridgehead atoms. The van der Waals surface area contributed by atoms with Crippen molar-refractivity contribution in [2.45, 2.75) is 65.6 Å². The van der Waals surface area contributed by atoms with Crippen LogP contribution in [0.2, 0.25) is 0 Å². The molecule has 1 amide bonds. The van der Waals surface area contributed by atoms with Crippen molar-refractivity contribution < 1.29 is 4.79 Å². The molecule has 0 saturated heterocycles. The normalized spacial score (nSPS) is 17.4. The minimum Gasteiger partial charge on any atom is -0.348 e. The maximum Gasteiger partial charge on any atom is 0.345 e. The lowest BCUT2D eigenvalue weighted by molar-refractivity contribution is 0.0927. The predicted molar refractivity (Wildman–Crippen MR) is 89.0 cm³/mol. The molecule has 8 heteroatoms. The third-order valence-electron chi connectivity index (χ3n) is 4.41. The highest BCUT2D eigenvalue weighted by atomic mass is 16.2. The molecule has 1 aliphatic heterocycles. The first kappa shape index (κ1) is 16.5. The average Bonchev–Trinajstić information content (AvgIpc) is 2.94. The van der Waals surface area contributed by atoms with Gasteiger partial charge >= 0.3 is 5.69 Å². The Hall–Kier alpha value is -2.38. The summed E-state index contributed by atoms with van der Waals surface area (Å²) in [7, 11) is 0. The van der Waals surface area contributed by atoms with Crippen molar-refractivity contribution >= 4 is 5.91 Å². The Labute approximate surface area is 140 Å². The molecular formula is C16H24N6O2. The number of amides is 1. The highest BCUT2D eigenvalue weighted by molar-refractivity contribution is 5.93. The van der Waals surface area contributed by atoms with Crippen LogP contribution in [-0.2, 0) is 19.5 Å². The number of imidazole rings is 1. The van der Waals surface area contributed by atoms with Gasteiger partial charge in [0.15, 0.2) is 0 Å². The van der Waals surface area contributed by atoms with Crippen molar-refractivity contribution in [3.63, 3.8) is 0 Å². The number of aryl methyl sites for hydroxylation is 4. The summed E-state index contributed by atoms with van der Waals surface area (Å²) >= 11 is 0. The molecule has 1 atom stereocenters. The van der Waals surface area contributed by atoms with Crippen LogP contribution in [0.5, 0.6) is 0 Å². The molecule has 1 unspecified atom stereocenters. The molecule has 0 fully saturated rings. The van der Waals surface area contributed by atoms with Crippen molar-refractivity contribution in [3.05, 3.63) is 33.5 Å². The van der Waals surface area contributed by atoms with Crippen LogP contribution in [0.15, 0.2) is 4.79 Å². The minimum absolute atomic E-state index is 0.0228. The van der Waals surface area contributed by atoms with Gasteiger partial charge in [-0.2, -0.15) is 5.10 Å². The van der Waals surface area contributed by atoms with Gasteiger partial charge in [0, 0.05) is 31.2 Å². The number of H-pyrrole nitrogens is 1. The fourth-order valence-electron chi connectivity index (χ4n) is 3.21. The van der Waals surface area contributed by atoms with Crippen molar-refractivity contribution in [2.24, 2.45) is 0 Å². The second kappa shape index (κ2) is 6.62. The van der Waals surface area contributed by atoms with Crippen LogP contribution >= 0.6 is 0 Å². The standard InChI is InChI=1S/C16H24N6O2/c1-4-8-22-16(24)21-9-7-12(5-6-13(21)20-22)19-15(23)14-10(2)17-11(3)18-14/h12H,4-9H2,1-3H3,(H,17,18)(H,19,23). The van der Waals surface area contributed by atoms with Crippen LogP contribution < -0.4 is 11.0 Å². The van der Waals surface area contributed by atoms with Crippen LogP contribution in [-0.4, -0.2) is 36.3 Å². The molecule has 0 spiro atoms. The first-order valence-electron chi connectivity index (χ1n) is 8.50. The Balaban J connectivity index is 1.68. The summed E-state index contributed by atoms with van der Waals surface area (Å²) in [6, 6.07) is 0.0228. The molecule has 0 aliphatic carbocycles. The fourth-order valence-corrected chi connectivity index (χ4v) is 3.21. The molecule has 0 saturated carbocycles. The quantitative estimate of drug-likeness (QED) is 0.870. The SMILES string of the molecule is CCCn1nc2n(c1=O)CCC(NC(=O)c1nc(C)[nH]c1C)CC2. The molecule has 1 aliphatic rings. The second-order valence-electron chi connectivity index (χ2n) is 6.37. The summed E-state index contributed by atoms with van der Waals surface area (Å²) < 4.78 is 3.29. The average molecular weight is 332 g/mol. The van der Waals surface area contributed by atoms with E-state index in [2.05, 4.69) is 20.4 Å².